The molecule has 0 unspecified atom stereocenters. The van der Waals surface area contributed by atoms with E-state index in [9.17, 15) is 21.6 Å². The SMILES string of the molecule is O=S(=O)(c1ccc(F)cc1F)N1CCC(c2nnc(-c3ccc(F)cc3)o2)CC1. The molecule has 0 N–H and O–H groups in total. The zero-order valence-electron chi connectivity index (χ0n) is 15.1. The van der Waals surface area contributed by atoms with E-state index in [-0.39, 0.29) is 30.7 Å². The van der Waals surface area contributed by atoms with Crippen molar-refractivity contribution in [3.8, 4) is 11.5 Å². The summed E-state index contributed by atoms with van der Waals surface area (Å²) in [6.07, 6.45) is 0.820. The summed E-state index contributed by atoms with van der Waals surface area (Å²) in [7, 11) is -4.07. The summed E-state index contributed by atoms with van der Waals surface area (Å²) in [4.78, 5) is -0.547. The minimum Gasteiger partial charge on any atom is -0.420 e. The summed E-state index contributed by atoms with van der Waals surface area (Å²) < 4.78 is 72.2. The lowest BCUT2D eigenvalue weighted by molar-refractivity contribution is 0.290. The van der Waals surface area contributed by atoms with E-state index in [1.165, 1.54) is 24.3 Å². The third kappa shape index (κ3) is 3.90. The van der Waals surface area contributed by atoms with Gasteiger partial charge < -0.3 is 4.42 Å². The fourth-order valence-electron chi connectivity index (χ4n) is 3.28. The summed E-state index contributed by atoms with van der Waals surface area (Å²) in [5.74, 6) is -1.86. The second-order valence-electron chi connectivity index (χ2n) is 6.71. The van der Waals surface area contributed by atoms with Gasteiger partial charge in [0, 0.05) is 30.6 Å². The highest BCUT2D eigenvalue weighted by atomic mass is 32.2. The van der Waals surface area contributed by atoms with Crippen LogP contribution in [0.3, 0.4) is 0 Å². The zero-order chi connectivity index (χ0) is 20.6. The van der Waals surface area contributed by atoms with Crippen LogP contribution < -0.4 is 0 Å². The van der Waals surface area contributed by atoms with E-state index < -0.39 is 26.6 Å². The Kier molecular flexibility index (Phi) is 5.13. The van der Waals surface area contributed by atoms with Crippen LogP contribution in [0, 0.1) is 17.5 Å². The van der Waals surface area contributed by atoms with Gasteiger partial charge in [-0.15, -0.1) is 10.2 Å². The van der Waals surface area contributed by atoms with Gasteiger partial charge in [0.15, 0.2) is 0 Å². The first-order valence-corrected chi connectivity index (χ1v) is 10.3. The Balaban J connectivity index is 1.46. The van der Waals surface area contributed by atoms with Crippen LogP contribution in [-0.4, -0.2) is 36.0 Å². The molecular weight excluding hydrogens is 407 g/mol. The average Bonchev–Trinajstić information content (AvgIpc) is 3.18. The van der Waals surface area contributed by atoms with E-state index in [4.69, 9.17) is 4.42 Å². The van der Waals surface area contributed by atoms with Gasteiger partial charge in [0.2, 0.25) is 21.8 Å². The number of sulfonamides is 1. The number of rotatable bonds is 4. The average molecular weight is 423 g/mol. The van der Waals surface area contributed by atoms with Crippen LogP contribution in [0.15, 0.2) is 51.8 Å². The maximum Gasteiger partial charge on any atom is 0.247 e. The quantitative estimate of drug-likeness (QED) is 0.639. The van der Waals surface area contributed by atoms with Gasteiger partial charge in [0.05, 0.1) is 0 Å². The second kappa shape index (κ2) is 7.60. The van der Waals surface area contributed by atoms with Gasteiger partial charge >= 0.3 is 0 Å². The van der Waals surface area contributed by atoms with Crippen LogP contribution in [0.25, 0.3) is 11.5 Å². The van der Waals surface area contributed by atoms with Crippen molar-refractivity contribution in [2.45, 2.75) is 23.7 Å². The molecule has 1 aliphatic rings. The minimum absolute atomic E-state index is 0.137. The van der Waals surface area contributed by atoms with E-state index in [2.05, 4.69) is 10.2 Å². The lowest BCUT2D eigenvalue weighted by atomic mass is 9.98. The van der Waals surface area contributed by atoms with Crippen molar-refractivity contribution >= 4 is 10.0 Å². The van der Waals surface area contributed by atoms with Gasteiger partial charge in [0.1, 0.15) is 22.3 Å². The van der Waals surface area contributed by atoms with E-state index in [0.717, 1.165) is 16.4 Å². The van der Waals surface area contributed by atoms with Crippen LogP contribution in [0.4, 0.5) is 13.2 Å². The first-order valence-electron chi connectivity index (χ1n) is 8.89. The van der Waals surface area contributed by atoms with Gasteiger partial charge in [-0.05, 0) is 49.2 Å². The Morgan fingerprint density at radius 1 is 0.931 bits per heavy atom. The molecular formula is C19H16F3N3O3S. The largest absolute Gasteiger partial charge is 0.420 e. The molecule has 0 saturated carbocycles. The smallest absolute Gasteiger partial charge is 0.247 e. The molecule has 0 aliphatic carbocycles. The van der Waals surface area contributed by atoms with Crippen molar-refractivity contribution in [3.05, 3.63) is 65.8 Å². The molecule has 10 heteroatoms. The Morgan fingerprint density at radius 3 is 2.24 bits per heavy atom. The van der Waals surface area contributed by atoms with Crippen molar-refractivity contribution in [2.75, 3.05) is 13.1 Å². The highest BCUT2D eigenvalue weighted by Gasteiger charge is 2.33. The highest BCUT2D eigenvalue weighted by molar-refractivity contribution is 7.89. The highest BCUT2D eigenvalue weighted by Crippen LogP contribution is 2.32. The summed E-state index contributed by atoms with van der Waals surface area (Å²) in [6.45, 7) is 0.274. The molecule has 29 heavy (non-hydrogen) atoms. The van der Waals surface area contributed by atoms with Gasteiger partial charge in [0.25, 0.3) is 0 Å². The molecule has 6 nitrogen and oxygen atoms in total. The lowest BCUT2D eigenvalue weighted by Gasteiger charge is -2.29. The fourth-order valence-corrected chi connectivity index (χ4v) is 4.79. The lowest BCUT2D eigenvalue weighted by Crippen LogP contribution is -2.38. The summed E-state index contributed by atoms with van der Waals surface area (Å²) in [5.41, 5.74) is 0.581. The predicted molar refractivity (Wildman–Crippen MR) is 96.8 cm³/mol. The third-order valence-electron chi connectivity index (χ3n) is 4.85. The van der Waals surface area contributed by atoms with Crippen molar-refractivity contribution in [1.82, 2.24) is 14.5 Å². The molecule has 0 atom stereocenters. The first kappa shape index (κ1) is 19.6. The van der Waals surface area contributed by atoms with Crippen molar-refractivity contribution in [3.63, 3.8) is 0 Å². The van der Waals surface area contributed by atoms with Gasteiger partial charge in [-0.25, -0.2) is 21.6 Å². The summed E-state index contributed by atoms with van der Waals surface area (Å²) >= 11 is 0. The van der Waals surface area contributed by atoms with E-state index in [0.29, 0.717) is 30.4 Å². The Morgan fingerprint density at radius 2 is 1.59 bits per heavy atom. The normalized spacial score (nSPS) is 16.2. The summed E-state index contributed by atoms with van der Waals surface area (Å²) in [6, 6.07) is 8.03. The molecule has 0 bridgehead atoms. The number of nitrogens with zero attached hydrogens (tertiary/aromatic N) is 3. The van der Waals surface area contributed by atoms with Crippen molar-refractivity contribution < 1.29 is 26.0 Å². The molecule has 0 spiro atoms. The summed E-state index contributed by atoms with van der Waals surface area (Å²) in [5, 5.41) is 8.00. The molecule has 3 aromatic rings. The molecule has 1 aliphatic heterocycles. The van der Waals surface area contributed by atoms with E-state index >= 15 is 0 Å². The van der Waals surface area contributed by atoms with Crippen LogP contribution >= 0.6 is 0 Å². The second-order valence-corrected chi connectivity index (χ2v) is 8.61. The topological polar surface area (TPSA) is 76.3 Å². The van der Waals surface area contributed by atoms with Gasteiger partial charge in [-0.3, -0.25) is 0 Å². The maximum atomic E-state index is 13.9. The Labute approximate surface area is 165 Å². The monoisotopic (exact) mass is 423 g/mol. The van der Waals surface area contributed by atoms with Crippen molar-refractivity contribution in [2.24, 2.45) is 0 Å². The molecule has 2 aromatic carbocycles. The standard InChI is InChI=1S/C19H16F3N3O3S/c20-14-3-1-12(2-4-14)18-23-24-19(28-18)13-7-9-25(10-8-13)29(26,27)17-6-5-15(21)11-16(17)22/h1-6,11,13H,7-10H2. The minimum atomic E-state index is -4.07. The molecule has 1 aromatic heterocycles. The van der Waals surface area contributed by atoms with E-state index in [1.807, 2.05) is 0 Å². The number of halogens is 3. The molecule has 1 saturated heterocycles. The van der Waals surface area contributed by atoms with Crippen LogP contribution in [0.1, 0.15) is 24.7 Å². The molecule has 1 fully saturated rings. The zero-order valence-corrected chi connectivity index (χ0v) is 15.9. The molecule has 4 rings (SSSR count). The van der Waals surface area contributed by atoms with Gasteiger partial charge in [-0.2, -0.15) is 4.31 Å². The number of piperidine rings is 1. The van der Waals surface area contributed by atoms with Crippen LogP contribution in [0.2, 0.25) is 0 Å². The number of benzene rings is 2. The van der Waals surface area contributed by atoms with E-state index in [1.54, 1.807) is 0 Å². The molecule has 152 valence electrons. The molecule has 0 radical (unpaired) electrons. The fraction of sp³-hybridized carbons (Fsp3) is 0.263. The number of hydrogen-bond donors (Lipinski definition) is 0. The maximum absolute atomic E-state index is 13.9. The van der Waals surface area contributed by atoms with Crippen LogP contribution in [-0.2, 0) is 10.0 Å². The third-order valence-corrected chi connectivity index (χ3v) is 6.78. The first-order chi connectivity index (χ1) is 13.8. The van der Waals surface area contributed by atoms with Crippen LogP contribution in [0.5, 0.6) is 0 Å². The number of hydrogen-bond acceptors (Lipinski definition) is 5. The predicted octanol–water partition coefficient (Wildman–Crippen LogP) is 3.72. The Hall–Kier alpha value is -2.72. The van der Waals surface area contributed by atoms with Gasteiger partial charge in [-0.1, -0.05) is 0 Å². The van der Waals surface area contributed by atoms with Crippen molar-refractivity contribution in [1.29, 1.82) is 0 Å². The Bertz CT molecular complexity index is 1130. The molecule has 2 heterocycles. The molecule has 0 amide bonds. The number of aromatic nitrogens is 2.